The fraction of sp³-hybridized carbons (Fsp3) is 0.200. The van der Waals surface area contributed by atoms with Crippen LogP contribution < -0.4 is 15.0 Å². The molecular weight excluding hydrogens is 348 g/mol. The standard InChI is InChI=1S/C20H21ClN4O/c1-4-25(16-7-5-6-14(2)12-16)20-22-11-10-19(24-20)23-17-13-15(21)8-9-18(17)26-3/h5-13H,4H2,1-3H3,(H,22,23,24). The molecule has 1 heterocycles. The smallest absolute Gasteiger partial charge is 0.231 e. The van der Waals surface area contributed by atoms with E-state index in [4.69, 9.17) is 16.3 Å². The Morgan fingerprint density at radius 3 is 2.73 bits per heavy atom. The molecule has 2 aromatic carbocycles. The molecule has 6 heteroatoms. The lowest BCUT2D eigenvalue weighted by Crippen LogP contribution is -2.19. The van der Waals surface area contributed by atoms with E-state index in [1.807, 2.05) is 18.2 Å². The second kappa shape index (κ2) is 8.06. The molecule has 0 aliphatic heterocycles. The number of methoxy groups -OCH3 is 1. The second-order valence-electron chi connectivity index (χ2n) is 5.79. The minimum Gasteiger partial charge on any atom is -0.495 e. The third-order valence-electron chi connectivity index (χ3n) is 3.94. The lowest BCUT2D eigenvalue weighted by atomic mass is 10.2. The topological polar surface area (TPSA) is 50.3 Å². The average molecular weight is 369 g/mol. The Morgan fingerprint density at radius 2 is 2.00 bits per heavy atom. The summed E-state index contributed by atoms with van der Waals surface area (Å²) in [4.78, 5) is 11.2. The first kappa shape index (κ1) is 18.0. The average Bonchev–Trinajstić information content (AvgIpc) is 2.63. The third kappa shape index (κ3) is 4.06. The molecule has 3 rings (SSSR count). The van der Waals surface area contributed by atoms with Gasteiger partial charge in [0.2, 0.25) is 5.95 Å². The highest BCUT2D eigenvalue weighted by Crippen LogP contribution is 2.30. The first-order valence-corrected chi connectivity index (χ1v) is 8.76. The Kier molecular flexibility index (Phi) is 5.58. The van der Waals surface area contributed by atoms with Crippen molar-refractivity contribution < 1.29 is 4.74 Å². The monoisotopic (exact) mass is 368 g/mol. The molecule has 0 bridgehead atoms. The van der Waals surface area contributed by atoms with Gasteiger partial charge >= 0.3 is 0 Å². The second-order valence-corrected chi connectivity index (χ2v) is 6.23. The summed E-state index contributed by atoms with van der Waals surface area (Å²) in [5, 5.41) is 3.88. The number of nitrogens with zero attached hydrogens (tertiary/aromatic N) is 3. The van der Waals surface area contributed by atoms with Crippen LogP contribution in [0.25, 0.3) is 0 Å². The van der Waals surface area contributed by atoms with E-state index in [2.05, 4.69) is 52.2 Å². The summed E-state index contributed by atoms with van der Waals surface area (Å²) in [5.41, 5.74) is 3.01. The molecular formula is C20H21ClN4O. The Labute approximate surface area is 158 Å². The molecule has 0 atom stereocenters. The van der Waals surface area contributed by atoms with Crippen LogP contribution in [0.5, 0.6) is 5.75 Å². The van der Waals surface area contributed by atoms with Gasteiger partial charge in [0, 0.05) is 23.5 Å². The largest absolute Gasteiger partial charge is 0.495 e. The van der Waals surface area contributed by atoms with E-state index in [1.165, 1.54) is 5.56 Å². The Balaban J connectivity index is 1.92. The van der Waals surface area contributed by atoms with Crippen LogP contribution in [0.3, 0.4) is 0 Å². The minimum absolute atomic E-state index is 0.623. The van der Waals surface area contributed by atoms with Gasteiger partial charge in [0.05, 0.1) is 12.8 Å². The summed E-state index contributed by atoms with van der Waals surface area (Å²) in [7, 11) is 1.62. The lowest BCUT2D eigenvalue weighted by Gasteiger charge is -2.22. The molecule has 0 saturated heterocycles. The zero-order valence-corrected chi connectivity index (χ0v) is 15.8. The van der Waals surface area contributed by atoms with Crippen LogP contribution in [-0.4, -0.2) is 23.6 Å². The van der Waals surface area contributed by atoms with Crippen molar-refractivity contribution >= 4 is 34.7 Å². The number of nitrogens with one attached hydrogen (secondary N) is 1. The zero-order valence-electron chi connectivity index (χ0n) is 15.0. The van der Waals surface area contributed by atoms with Gasteiger partial charge in [0.25, 0.3) is 0 Å². The fourth-order valence-electron chi connectivity index (χ4n) is 2.70. The van der Waals surface area contributed by atoms with E-state index in [9.17, 15) is 0 Å². The van der Waals surface area contributed by atoms with Gasteiger partial charge in [-0.3, -0.25) is 0 Å². The van der Waals surface area contributed by atoms with Crippen molar-refractivity contribution in [3.8, 4) is 5.75 Å². The van der Waals surface area contributed by atoms with Gasteiger partial charge in [0.1, 0.15) is 11.6 Å². The first-order valence-electron chi connectivity index (χ1n) is 8.38. The van der Waals surface area contributed by atoms with Gasteiger partial charge in [-0.1, -0.05) is 23.7 Å². The maximum Gasteiger partial charge on any atom is 0.231 e. The van der Waals surface area contributed by atoms with Crippen molar-refractivity contribution in [2.75, 3.05) is 23.9 Å². The molecule has 0 amide bonds. The van der Waals surface area contributed by atoms with Crippen LogP contribution in [0.15, 0.2) is 54.7 Å². The number of halogens is 1. The van der Waals surface area contributed by atoms with Crippen molar-refractivity contribution in [1.82, 2.24) is 9.97 Å². The Hall–Kier alpha value is -2.79. The van der Waals surface area contributed by atoms with Gasteiger partial charge in [-0.2, -0.15) is 4.98 Å². The number of benzene rings is 2. The highest BCUT2D eigenvalue weighted by atomic mass is 35.5. The van der Waals surface area contributed by atoms with Crippen molar-refractivity contribution in [3.05, 3.63) is 65.3 Å². The van der Waals surface area contributed by atoms with Crippen LogP contribution in [0.4, 0.5) is 23.1 Å². The summed E-state index contributed by atoms with van der Waals surface area (Å²) in [6.45, 7) is 4.90. The SMILES string of the molecule is CCN(c1cccc(C)c1)c1nccc(Nc2cc(Cl)ccc2OC)n1. The van der Waals surface area contributed by atoms with E-state index >= 15 is 0 Å². The number of hydrogen-bond acceptors (Lipinski definition) is 5. The van der Waals surface area contributed by atoms with E-state index in [0.29, 0.717) is 22.5 Å². The van der Waals surface area contributed by atoms with Gasteiger partial charge in [0.15, 0.2) is 0 Å². The van der Waals surface area contributed by atoms with Crippen molar-refractivity contribution in [3.63, 3.8) is 0 Å². The molecule has 0 aliphatic rings. The molecule has 134 valence electrons. The molecule has 0 spiro atoms. The highest BCUT2D eigenvalue weighted by Gasteiger charge is 2.12. The van der Waals surface area contributed by atoms with Crippen molar-refractivity contribution in [1.29, 1.82) is 0 Å². The zero-order chi connectivity index (χ0) is 18.5. The van der Waals surface area contributed by atoms with Crippen LogP contribution in [0.1, 0.15) is 12.5 Å². The summed E-state index contributed by atoms with van der Waals surface area (Å²) >= 11 is 6.10. The Bertz CT molecular complexity index is 900. The maximum absolute atomic E-state index is 6.10. The van der Waals surface area contributed by atoms with Crippen LogP contribution in [0.2, 0.25) is 5.02 Å². The van der Waals surface area contributed by atoms with Crippen molar-refractivity contribution in [2.24, 2.45) is 0 Å². The first-order chi connectivity index (χ1) is 12.6. The van der Waals surface area contributed by atoms with Crippen LogP contribution in [-0.2, 0) is 0 Å². The van der Waals surface area contributed by atoms with E-state index in [1.54, 1.807) is 25.4 Å². The predicted octanol–water partition coefficient (Wildman–Crippen LogP) is 5.35. The fourth-order valence-corrected chi connectivity index (χ4v) is 2.87. The summed E-state index contributed by atoms with van der Waals surface area (Å²) in [6, 6.07) is 15.5. The predicted molar refractivity (Wildman–Crippen MR) is 107 cm³/mol. The molecule has 3 aromatic rings. The number of rotatable bonds is 6. The molecule has 0 saturated carbocycles. The molecule has 1 aromatic heterocycles. The molecule has 0 unspecified atom stereocenters. The number of hydrogen-bond donors (Lipinski definition) is 1. The number of ether oxygens (including phenoxy) is 1. The lowest BCUT2D eigenvalue weighted by molar-refractivity contribution is 0.417. The summed E-state index contributed by atoms with van der Waals surface area (Å²) in [5.74, 6) is 1.99. The number of anilines is 4. The van der Waals surface area contributed by atoms with Gasteiger partial charge in [-0.05, 0) is 55.8 Å². The molecule has 0 radical (unpaired) electrons. The van der Waals surface area contributed by atoms with E-state index in [0.717, 1.165) is 17.9 Å². The van der Waals surface area contributed by atoms with Gasteiger partial charge in [-0.15, -0.1) is 0 Å². The Morgan fingerprint density at radius 1 is 1.15 bits per heavy atom. The highest BCUT2D eigenvalue weighted by molar-refractivity contribution is 6.31. The quantitative estimate of drug-likeness (QED) is 0.635. The van der Waals surface area contributed by atoms with Crippen LogP contribution in [0, 0.1) is 6.92 Å². The van der Waals surface area contributed by atoms with E-state index < -0.39 is 0 Å². The summed E-state index contributed by atoms with van der Waals surface area (Å²) in [6.07, 6.45) is 1.74. The molecule has 5 nitrogen and oxygen atoms in total. The van der Waals surface area contributed by atoms with Gasteiger partial charge < -0.3 is 15.0 Å². The maximum atomic E-state index is 6.10. The van der Waals surface area contributed by atoms with Crippen LogP contribution >= 0.6 is 11.6 Å². The molecule has 26 heavy (non-hydrogen) atoms. The molecule has 1 N–H and O–H groups in total. The van der Waals surface area contributed by atoms with E-state index in [-0.39, 0.29) is 0 Å². The van der Waals surface area contributed by atoms with Gasteiger partial charge in [-0.25, -0.2) is 4.98 Å². The van der Waals surface area contributed by atoms with Crippen molar-refractivity contribution in [2.45, 2.75) is 13.8 Å². The molecule has 0 fully saturated rings. The minimum atomic E-state index is 0.623. The molecule has 0 aliphatic carbocycles. The number of aryl methyl sites for hydroxylation is 1. The normalized spacial score (nSPS) is 10.5. The number of aromatic nitrogens is 2. The third-order valence-corrected chi connectivity index (χ3v) is 4.17. The summed E-state index contributed by atoms with van der Waals surface area (Å²) < 4.78 is 5.38.